The number of nitrogens with one attached hydrogen (secondary N) is 1. The van der Waals surface area contributed by atoms with Gasteiger partial charge in [-0.2, -0.15) is 0 Å². The van der Waals surface area contributed by atoms with Crippen LogP contribution in [0.1, 0.15) is 46.9 Å². The second-order valence-corrected chi connectivity index (χ2v) is 8.05. The lowest BCUT2D eigenvalue weighted by Crippen LogP contribution is -2.26. The molecule has 31 heavy (non-hydrogen) atoms. The molecule has 0 radical (unpaired) electrons. The zero-order valence-corrected chi connectivity index (χ0v) is 19.3. The second-order valence-electron chi connectivity index (χ2n) is 7.20. The van der Waals surface area contributed by atoms with Crippen molar-refractivity contribution in [3.8, 4) is 11.5 Å². The highest BCUT2D eigenvalue weighted by Crippen LogP contribution is 2.26. The topological polar surface area (TPSA) is 47.6 Å². The van der Waals surface area contributed by atoms with E-state index in [9.17, 15) is 4.79 Å². The highest BCUT2D eigenvalue weighted by molar-refractivity contribution is 6.31. The van der Waals surface area contributed by atoms with Crippen molar-refractivity contribution in [3.05, 3.63) is 93.0 Å². The minimum Gasteiger partial charge on any atom is -0.493 e. The summed E-state index contributed by atoms with van der Waals surface area (Å²) in [6.45, 7) is 6.56. The van der Waals surface area contributed by atoms with Crippen molar-refractivity contribution in [1.29, 1.82) is 0 Å². The zero-order chi connectivity index (χ0) is 22.4. The van der Waals surface area contributed by atoms with Crippen molar-refractivity contribution in [2.75, 3.05) is 6.61 Å². The summed E-state index contributed by atoms with van der Waals surface area (Å²) in [4.78, 5) is 12.8. The average Bonchev–Trinajstić information content (AvgIpc) is 2.76. The van der Waals surface area contributed by atoms with Crippen LogP contribution >= 0.6 is 23.2 Å². The number of hydrogen-bond donors (Lipinski definition) is 1. The van der Waals surface area contributed by atoms with Crippen LogP contribution in [0.15, 0.2) is 60.7 Å². The monoisotopic (exact) mass is 457 g/mol. The zero-order valence-electron chi connectivity index (χ0n) is 17.7. The summed E-state index contributed by atoms with van der Waals surface area (Å²) in [5.74, 6) is 1.22. The molecular formula is C25H25Cl2NO3. The number of benzene rings is 3. The highest BCUT2D eigenvalue weighted by atomic mass is 35.5. The normalized spacial score (nSPS) is 11.6. The summed E-state index contributed by atoms with van der Waals surface area (Å²) in [5, 5.41) is 4.37. The third kappa shape index (κ3) is 6.16. The Kier molecular flexibility index (Phi) is 7.83. The van der Waals surface area contributed by atoms with Crippen LogP contribution in [0.3, 0.4) is 0 Å². The molecule has 3 aromatic rings. The minimum absolute atomic E-state index is 0.159. The van der Waals surface area contributed by atoms with Gasteiger partial charge in [-0.3, -0.25) is 4.79 Å². The number of aryl methyl sites for hydroxylation is 1. The lowest BCUT2D eigenvalue weighted by atomic mass is 10.1. The summed E-state index contributed by atoms with van der Waals surface area (Å²) in [7, 11) is 0. The van der Waals surface area contributed by atoms with Gasteiger partial charge in [0.25, 0.3) is 5.91 Å². The van der Waals surface area contributed by atoms with Gasteiger partial charge in [0, 0.05) is 21.2 Å². The van der Waals surface area contributed by atoms with Crippen molar-refractivity contribution in [1.82, 2.24) is 5.32 Å². The van der Waals surface area contributed by atoms with Gasteiger partial charge in [-0.1, -0.05) is 35.3 Å². The molecule has 0 fully saturated rings. The number of hydrogen-bond acceptors (Lipinski definition) is 3. The number of rotatable bonds is 8. The molecule has 0 aliphatic carbocycles. The van der Waals surface area contributed by atoms with Gasteiger partial charge in [-0.15, -0.1) is 0 Å². The number of amides is 1. The molecule has 6 heteroatoms. The van der Waals surface area contributed by atoms with Crippen LogP contribution in [0.25, 0.3) is 0 Å². The number of carbonyl (C=O) groups excluding carboxylic acids is 1. The van der Waals surface area contributed by atoms with Gasteiger partial charge in [-0.05, 0) is 80.4 Å². The van der Waals surface area contributed by atoms with Gasteiger partial charge in [0.05, 0.1) is 12.6 Å². The first-order valence-electron chi connectivity index (χ1n) is 10.1. The molecule has 0 saturated heterocycles. The fraction of sp³-hybridized carbons (Fsp3) is 0.240. The molecule has 3 aromatic carbocycles. The van der Waals surface area contributed by atoms with E-state index in [-0.39, 0.29) is 18.6 Å². The highest BCUT2D eigenvalue weighted by Gasteiger charge is 2.15. The van der Waals surface area contributed by atoms with Crippen LogP contribution in [-0.4, -0.2) is 12.5 Å². The quantitative estimate of drug-likeness (QED) is 0.405. The van der Waals surface area contributed by atoms with Crippen molar-refractivity contribution in [3.63, 3.8) is 0 Å². The van der Waals surface area contributed by atoms with Gasteiger partial charge in [0.15, 0.2) is 0 Å². The summed E-state index contributed by atoms with van der Waals surface area (Å²) >= 11 is 12.0. The summed E-state index contributed by atoms with van der Waals surface area (Å²) in [5.41, 5.74) is 3.25. The molecule has 1 N–H and O–H groups in total. The Morgan fingerprint density at radius 2 is 1.74 bits per heavy atom. The van der Waals surface area contributed by atoms with Crippen LogP contribution in [0.5, 0.6) is 11.5 Å². The third-order valence-corrected chi connectivity index (χ3v) is 5.54. The third-order valence-electron chi connectivity index (χ3n) is 4.86. The molecule has 0 aliphatic rings. The smallest absolute Gasteiger partial charge is 0.251 e. The van der Waals surface area contributed by atoms with Crippen LogP contribution in [0, 0.1) is 6.92 Å². The Bertz CT molecular complexity index is 1050. The standard InChI is InChI=1S/C25H25Cl2NO3/c1-4-30-24-12-7-19(25(29)28-17(3)18-5-8-21(26)9-6-18)14-20(24)15-31-22-10-11-23(27)16(2)13-22/h5-14,17H,4,15H2,1-3H3,(H,28,29)/t17-/m1/s1. The van der Waals surface area contributed by atoms with Crippen molar-refractivity contribution >= 4 is 29.1 Å². The molecule has 162 valence electrons. The average molecular weight is 458 g/mol. The molecule has 4 nitrogen and oxygen atoms in total. The maximum absolute atomic E-state index is 12.8. The van der Waals surface area contributed by atoms with Crippen molar-refractivity contribution in [2.45, 2.75) is 33.4 Å². The van der Waals surface area contributed by atoms with E-state index in [1.807, 2.05) is 57.2 Å². The second kappa shape index (κ2) is 10.6. The van der Waals surface area contributed by atoms with E-state index >= 15 is 0 Å². The van der Waals surface area contributed by atoms with E-state index in [0.29, 0.717) is 33.7 Å². The number of carbonyl (C=O) groups is 1. The molecule has 1 amide bonds. The molecule has 0 heterocycles. The van der Waals surface area contributed by atoms with E-state index in [2.05, 4.69) is 5.32 Å². The van der Waals surface area contributed by atoms with Gasteiger partial charge < -0.3 is 14.8 Å². The predicted octanol–water partition coefficient (Wildman–Crippen LogP) is 6.77. The molecule has 1 atom stereocenters. The van der Waals surface area contributed by atoms with Gasteiger partial charge in [-0.25, -0.2) is 0 Å². The molecule has 0 bridgehead atoms. The van der Waals surface area contributed by atoms with E-state index in [4.69, 9.17) is 32.7 Å². The Morgan fingerprint density at radius 3 is 2.42 bits per heavy atom. The molecule has 0 unspecified atom stereocenters. The fourth-order valence-corrected chi connectivity index (χ4v) is 3.36. The Labute approximate surface area is 193 Å². The van der Waals surface area contributed by atoms with Crippen LogP contribution in [0.2, 0.25) is 10.0 Å². The van der Waals surface area contributed by atoms with Crippen LogP contribution in [-0.2, 0) is 6.61 Å². The molecule has 0 aromatic heterocycles. The molecule has 0 spiro atoms. The Morgan fingerprint density at radius 1 is 1.00 bits per heavy atom. The van der Waals surface area contributed by atoms with Gasteiger partial charge in [0.2, 0.25) is 0 Å². The predicted molar refractivity (Wildman–Crippen MR) is 125 cm³/mol. The van der Waals surface area contributed by atoms with E-state index in [1.54, 1.807) is 24.3 Å². The number of halogens is 2. The minimum atomic E-state index is -0.172. The fourth-order valence-electron chi connectivity index (χ4n) is 3.11. The summed E-state index contributed by atoms with van der Waals surface area (Å²) < 4.78 is 11.6. The van der Waals surface area contributed by atoms with Crippen molar-refractivity contribution in [2.24, 2.45) is 0 Å². The SMILES string of the molecule is CCOc1ccc(C(=O)N[C@H](C)c2ccc(Cl)cc2)cc1COc1ccc(Cl)c(C)c1. The first-order chi connectivity index (χ1) is 14.9. The largest absolute Gasteiger partial charge is 0.493 e. The number of ether oxygens (including phenoxy) is 2. The van der Waals surface area contributed by atoms with Gasteiger partial charge in [0.1, 0.15) is 18.1 Å². The molecule has 0 saturated carbocycles. The Hall–Kier alpha value is -2.69. The van der Waals surface area contributed by atoms with E-state index in [0.717, 1.165) is 16.7 Å². The van der Waals surface area contributed by atoms with Crippen LogP contribution < -0.4 is 14.8 Å². The lowest BCUT2D eigenvalue weighted by molar-refractivity contribution is 0.0939. The first kappa shape index (κ1) is 23.0. The molecule has 0 aliphatic heterocycles. The maximum atomic E-state index is 12.8. The van der Waals surface area contributed by atoms with Gasteiger partial charge >= 0.3 is 0 Å². The van der Waals surface area contributed by atoms with Crippen LogP contribution in [0.4, 0.5) is 0 Å². The summed E-state index contributed by atoms with van der Waals surface area (Å²) in [6, 6.07) is 18.1. The van der Waals surface area contributed by atoms with Crippen molar-refractivity contribution < 1.29 is 14.3 Å². The lowest BCUT2D eigenvalue weighted by Gasteiger charge is -2.16. The first-order valence-corrected chi connectivity index (χ1v) is 10.8. The summed E-state index contributed by atoms with van der Waals surface area (Å²) in [6.07, 6.45) is 0. The molecule has 3 rings (SSSR count). The Balaban J connectivity index is 1.75. The maximum Gasteiger partial charge on any atom is 0.251 e. The van der Waals surface area contributed by atoms with E-state index in [1.165, 1.54) is 0 Å². The van der Waals surface area contributed by atoms with E-state index < -0.39 is 0 Å². The molecular weight excluding hydrogens is 433 g/mol.